The highest BCUT2D eigenvalue weighted by molar-refractivity contribution is 7.33. The van der Waals surface area contributed by atoms with Crippen LogP contribution in [0.5, 0.6) is 0 Å². The molecule has 3 heterocycles. The molecule has 1 aliphatic carbocycles. The third-order valence-corrected chi connectivity index (χ3v) is 16.5. The van der Waals surface area contributed by atoms with Gasteiger partial charge < -0.3 is 9.80 Å². The number of nitrogens with zero attached hydrogens (tertiary/aromatic N) is 2. The van der Waals surface area contributed by atoms with Crippen LogP contribution in [0, 0.1) is 0 Å². The molecule has 0 saturated heterocycles. The summed E-state index contributed by atoms with van der Waals surface area (Å²) in [5.41, 5.74) is 20.5. The lowest BCUT2D eigenvalue weighted by atomic mass is 9.36. The van der Waals surface area contributed by atoms with Crippen molar-refractivity contribution in [1.29, 1.82) is 0 Å². The van der Waals surface area contributed by atoms with E-state index < -0.39 is 0 Å². The Morgan fingerprint density at radius 1 is 0.453 bits per heavy atom. The van der Waals surface area contributed by atoms with Crippen LogP contribution in [0.1, 0.15) is 183 Å². The van der Waals surface area contributed by atoms with E-state index in [2.05, 4.69) is 226 Å². The monoisotopic (exact) mass is 867 g/mol. The van der Waals surface area contributed by atoms with E-state index >= 15 is 0 Å². The molecule has 5 aromatic carbocycles. The summed E-state index contributed by atoms with van der Waals surface area (Å²) in [6, 6.07) is 35.0. The van der Waals surface area contributed by atoms with Gasteiger partial charge in [-0.15, -0.1) is 11.3 Å². The molecule has 3 aliphatic rings. The molecular weight excluding hydrogens is 792 g/mol. The van der Waals surface area contributed by atoms with E-state index in [9.17, 15) is 0 Å². The molecule has 0 unspecified atom stereocenters. The quantitative estimate of drug-likeness (QED) is 0.160. The van der Waals surface area contributed by atoms with Crippen molar-refractivity contribution in [1.82, 2.24) is 0 Å². The number of rotatable bonds is 2. The molecule has 0 fully saturated rings. The van der Waals surface area contributed by atoms with Gasteiger partial charge in [0.2, 0.25) is 0 Å². The van der Waals surface area contributed by atoms with Gasteiger partial charge in [0, 0.05) is 43.3 Å². The predicted octanol–water partition coefficient (Wildman–Crippen LogP) is 15.8. The Morgan fingerprint density at radius 2 is 0.938 bits per heavy atom. The van der Waals surface area contributed by atoms with E-state index in [-0.39, 0.29) is 44.6 Å². The highest BCUT2D eigenvalue weighted by Crippen LogP contribution is 2.53. The second-order valence-corrected chi connectivity index (χ2v) is 27.4. The van der Waals surface area contributed by atoms with E-state index in [1.807, 2.05) is 11.3 Å². The van der Waals surface area contributed by atoms with Gasteiger partial charge in [-0.05, 0) is 155 Å². The number of hydrogen-bond donors (Lipinski definition) is 0. The van der Waals surface area contributed by atoms with Crippen LogP contribution in [0.2, 0.25) is 0 Å². The molecule has 334 valence electrons. The lowest BCUT2D eigenvalue weighted by Crippen LogP contribution is -2.60. The van der Waals surface area contributed by atoms with Crippen LogP contribution >= 0.6 is 11.3 Å². The fourth-order valence-electron chi connectivity index (χ4n) is 10.7. The summed E-state index contributed by atoms with van der Waals surface area (Å²) in [4.78, 5) is 5.41. The van der Waals surface area contributed by atoms with Gasteiger partial charge in [-0.1, -0.05) is 162 Å². The summed E-state index contributed by atoms with van der Waals surface area (Å²) in [7, 11) is 0. The minimum absolute atomic E-state index is 0.0171. The third-order valence-electron chi connectivity index (χ3n) is 15.3. The van der Waals surface area contributed by atoms with Crippen molar-refractivity contribution in [2.75, 3.05) is 9.80 Å². The van der Waals surface area contributed by atoms with Crippen LogP contribution in [0.3, 0.4) is 0 Å². The Hall–Kier alpha value is -4.28. The zero-order valence-electron chi connectivity index (χ0n) is 42.9. The number of anilines is 6. The average Bonchev–Trinajstić information content (AvgIpc) is 3.56. The Bertz CT molecular complexity index is 2840. The molecule has 0 N–H and O–H groups in total. The van der Waals surface area contributed by atoms with Crippen molar-refractivity contribution in [3.63, 3.8) is 0 Å². The van der Waals surface area contributed by atoms with Gasteiger partial charge in [0.25, 0.3) is 6.71 Å². The van der Waals surface area contributed by atoms with Crippen molar-refractivity contribution in [3.8, 4) is 0 Å². The van der Waals surface area contributed by atoms with E-state index in [1.54, 1.807) is 0 Å². The van der Waals surface area contributed by atoms with Crippen molar-refractivity contribution in [2.45, 2.75) is 182 Å². The Balaban J connectivity index is 1.46. The maximum Gasteiger partial charge on any atom is 0.264 e. The first-order valence-electron chi connectivity index (χ1n) is 24.2. The molecule has 0 bridgehead atoms. The summed E-state index contributed by atoms with van der Waals surface area (Å²) < 4.78 is 2.80. The van der Waals surface area contributed by atoms with E-state index in [4.69, 9.17) is 0 Å². The molecule has 4 heteroatoms. The topological polar surface area (TPSA) is 6.48 Å². The van der Waals surface area contributed by atoms with E-state index in [0.29, 0.717) is 0 Å². The summed E-state index contributed by atoms with van der Waals surface area (Å²) in [6.07, 6.45) is 2.38. The van der Waals surface area contributed by atoms with Gasteiger partial charge in [-0.3, -0.25) is 0 Å². The second kappa shape index (κ2) is 14.1. The Labute approximate surface area is 392 Å². The zero-order valence-corrected chi connectivity index (χ0v) is 43.7. The molecule has 0 radical (unpaired) electrons. The van der Waals surface area contributed by atoms with Gasteiger partial charge in [-0.25, -0.2) is 0 Å². The maximum atomic E-state index is 2.72. The SMILES string of the molecule is CC(C)(C)c1cc(N2c3cc(C(C)(C)C)ccc3B3c4sc5ccc(C(C)(C)C)cc5c4N(c4ccc5c(c4)C(C)(C)CCC5(C)C)c4cc(C(C)(C)C)cc2c43)cc(C(C)(C)C)c1. The van der Waals surface area contributed by atoms with E-state index in [0.717, 1.165) is 0 Å². The molecule has 64 heavy (non-hydrogen) atoms. The summed E-state index contributed by atoms with van der Waals surface area (Å²) in [5, 5.41) is 1.36. The predicted molar refractivity (Wildman–Crippen MR) is 285 cm³/mol. The molecule has 1 aromatic heterocycles. The van der Waals surface area contributed by atoms with Crippen LogP contribution in [-0.4, -0.2) is 6.71 Å². The lowest BCUT2D eigenvalue weighted by molar-refractivity contribution is 0.332. The van der Waals surface area contributed by atoms with Gasteiger partial charge >= 0.3 is 0 Å². The largest absolute Gasteiger partial charge is 0.311 e. The van der Waals surface area contributed by atoms with Gasteiger partial charge in [0.1, 0.15) is 0 Å². The third kappa shape index (κ3) is 7.28. The van der Waals surface area contributed by atoms with Crippen molar-refractivity contribution in [2.24, 2.45) is 0 Å². The van der Waals surface area contributed by atoms with Crippen LogP contribution < -0.4 is 25.5 Å². The standard InChI is InChI=1S/C60H75BN2S/c1-54(2,3)36-21-25-50-43(31-36)52-53(64-50)61-46-24-20-37(55(4,5)6)32-47(46)62(42-29-38(56(7,8)9)28-39(30-42)57(10,11)12)48-33-40(58(13,14)15)34-49(51(48)61)63(52)41-22-23-44-45(35-41)60(18,19)27-26-59(44,16)17/h20-25,28-35H,26-27H2,1-19H3. The maximum absolute atomic E-state index is 2.72. The van der Waals surface area contributed by atoms with Crippen LogP contribution in [0.25, 0.3) is 10.1 Å². The number of hydrogen-bond acceptors (Lipinski definition) is 3. The number of benzene rings is 5. The molecule has 0 saturated carbocycles. The Kier molecular flexibility index (Phi) is 9.91. The fourth-order valence-corrected chi connectivity index (χ4v) is 12.0. The molecule has 2 nitrogen and oxygen atoms in total. The van der Waals surface area contributed by atoms with Crippen LogP contribution in [0.15, 0.2) is 84.9 Å². The van der Waals surface area contributed by atoms with Crippen molar-refractivity contribution < 1.29 is 0 Å². The molecular formula is C60H75BN2S. The minimum Gasteiger partial charge on any atom is -0.311 e. The first kappa shape index (κ1) is 44.9. The van der Waals surface area contributed by atoms with E-state index in [1.165, 1.54) is 112 Å². The second-order valence-electron chi connectivity index (χ2n) is 26.3. The van der Waals surface area contributed by atoms with Crippen molar-refractivity contribution >= 4 is 78.0 Å². The fraction of sp³-hybridized carbons (Fsp3) is 0.467. The van der Waals surface area contributed by atoms with Crippen LogP contribution in [0.4, 0.5) is 34.1 Å². The zero-order chi connectivity index (χ0) is 46.6. The minimum atomic E-state index is -0.103. The number of fused-ring (bicyclic) bond motifs is 7. The smallest absolute Gasteiger partial charge is 0.264 e. The Morgan fingerprint density at radius 3 is 1.50 bits per heavy atom. The van der Waals surface area contributed by atoms with Gasteiger partial charge in [0.15, 0.2) is 0 Å². The first-order chi connectivity index (χ1) is 29.4. The molecule has 2 aliphatic heterocycles. The van der Waals surface area contributed by atoms with Crippen LogP contribution in [-0.2, 0) is 37.9 Å². The average molecular weight is 867 g/mol. The summed E-state index contributed by atoms with van der Waals surface area (Å²) >= 11 is 2.02. The highest BCUT2D eigenvalue weighted by atomic mass is 32.1. The summed E-state index contributed by atoms with van der Waals surface area (Å²) in [5.74, 6) is 0. The van der Waals surface area contributed by atoms with Crippen molar-refractivity contribution in [3.05, 3.63) is 124 Å². The van der Waals surface area contributed by atoms with Gasteiger partial charge in [0.05, 0.1) is 5.69 Å². The molecule has 9 rings (SSSR count). The molecule has 0 spiro atoms. The summed E-state index contributed by atoms with van der Waals surface area (Å²) in [6.45, 7) is 45.4. The lowest BCUT2D eigenvalue weighted by Gasteiger charge is -2.46. The number of thiophene rings is 1. The molecule has 0 amide bonds. The first-order valence-corrected chi connectivity index (χ1v) is 25.0. The molecule has 6 aromatic rings. The normalized spacial score (nSPS) is 17.0. The highest BCUT2D eigenvalue weighted by Gasteiger charge is 2.47. The molecule has 0 atom stereocenters. The van der Waals surface area contributed by atoms with Gasteiger partial charge in [-0.2, -0.15) is 0 Å².